The fourth-order valence-corrected chi connectivity index (χ4v) is 4.91. The molecule has 4 aromatic rings. The van der Waals surface area contributed by atoms with Gasteiger partial charge in [-0.15, -0.1) is 0 Å². The second-order valence-corrected chi connectivity index (χ2v) is 9.06. The first-order chi connectivity index (χ1) is 16.7. The average Bonchev–Trinajstić information content (AvgIpc) is 3.18. The molecule has 0 amide bonds. The van der Waals surface area contributed by atoms with Crippen LogP contribution in [-0.2, 0) is 13.0 Å². The van der Waals surface area contributed by atoms with Crippen LogP contribution in [0.1, 0.15) is 50.1 Å². The Morgan fingerprint density at radius 3 is 2.47 bits per heavy atom. The number of pyridine rings is 1. The molecule has 34 heavy (non-hydrogen) atoms. The highest BCUT2D eigenvalue weighted by Gasteiger charge is 2.14. The standard InChI is InChI=1S/C30H38N4/c1-4-33(5-2)20-12-11-19-31-23-26-22-28-27-17-9-10-18-29(27)34(30(28)24(3)32-26)21-13-16-25-14-7-6-8-15-25/h6-10,14-15,17-18,22-23H,4-5,11-13,16,19-21H2,1-3H3. The molecule has 4 nitrogen and oxygen atoms in total. The van der Waals surface area contributed by atoms with E-state index < -0.39 is 0 Å². The monoisotopic (exact) mass is 454 g/mol. The zero-order chi connectivity index (χ0) is 23.8. The molecule has 0 fully saturated rings. The minimum Gasteiger partial charge on any atom is -0.339 e. The van der Waals surface area contributed by atoms with Crippen molar-refractivity contribution in [3.8, 4) is 0 Å². The van der Waals surface area contributed by atoms with Crippen LogP contribution < -0.4 is 0 Å². The van der Waals surface area contributed by atoms with Gasteiger partial charge >= 0.3 is 0 Å². The first-order valence-electron chi connectivity index (χ1n) is 12.9. The van der Waals surface area contributed by atoms with Crippen LogP contribution in [0.4, 0.5) is 0 Å². The highest BCUT2D eigenvalue weighted by molar-refractivity contribution is 6.09. The number of unbranched alkanes of at least 4 members (excludes halogenated alkanes) is 1. The molecular weight excluding hydrogens is 416 g/mol. The van der Waals surface area contributed by atoms with E-state index in [0.29, 0.717) is 0 Å². The van der Waals surface area contributed by atoms with Gasteiger partial charge in [-0.1, -0.05) is 62.4 Å². The normalized spacial score (nSPS) is 12.0. The summed E-state index contributed by atoms with van der Waals surface area (Å²) < 4.78 is 2.46. The number of fused-ring (bicyclic) bond motifs is 3. The van der Waals surface area contributed by atoms with E-state index in [9.17, 15) is 0 Å². The van der Waals surface area contributed by atoms with E-state index in [2.05, 4.69) is 90.9 Å². The van der Waals surface area contributed by atoms with Gasteiger partial charge in [-0.05, 0) is 69.9 Å². The van der Waals surface area contributed by atoms with Crippen molar-refractivity contribution in [1.29, 1.82) is 0 Å². The topological polar surface area (TPSA) is 33.4 Å². The zero-order valence-electron chi connectivity index (χ0n) is 21.0. The molecule has 0 atom stereocenters. The molecule has 0 unspecified atom stereocenters. The number of hydrogen-bond acceptors (Lipinski definition) is 3. The van der Waals surface area contributed by atoms with E-state index in [1.165, 1.54) is 33.8 Å². The van der Waals surface area contributed by atoms with Crippen molar-refractivity contribution in [3.05, 3.63) is 77.6 Å². The van der Waals surface area contributed by atoms with E-state index in [0.717, 1.165) is 63.4 Å². The highest BCUT2D eigenvalue weighted by atomic mass is 15.1. The quantitative estimate of drug-likeness (QED) is 0.177. The number of hydrogen-bond donors (Lipinski definition) is 0. The number of para-hydroxylation sites is 1. The third kappa shape index (κ3) is 5.74. The molecule has 0 N–H and O–H groups in total. The summed E-state index contributed by atoms with van der Waals surface area (Å²) in [5, 5.41) is 2.59. The molecule has 0 aliphatic carbocycles. The van der Waals surface area contributed by atoms with Crippen molar-refractivity contribution >= 4 is 28.0 Å². The van der Waals surface area contributed by atoms with Crippen molar-refractivity contribution in [2.24, 2.45) is 4.99 Å². The van der Waals surface area contributed by atoms with Gasteiger partial charge < -0.3 is 9.47 Å². The van der Waals surface area contributed by atoms with Crippen LogP contribution in [0.15, 0.2) is 65.7 Å². The van der Waals surface area contributed by atoms with Gasteiger partial charge in [0.05, 0.1) is 16.9 Å². The van der Waals surface area contributed by atoms with E-state index in [-0.39, 0.29) is 0 Å². The van der Waals surface area contributed by atoms with Crippen LogP contribution in [0.5, 0.6) is 0 Å². The molecule has 0 spiro atoms. The van der Waals surface area contributed by atoms with Crippen LogP contribution in [0.25, 0.3) is 21.8 Å². The number of aryl methyl sites for hydroxylation is 3. The summed E-state index contributed by atoms with van der Waals surface area (Å²) in [5.74, 6) is 0. The second kappa shape index (κ2) is 11.9. The lowest BCUT2D eigenvalue weighted by atomic mass is 10.1. The van der Waals surface area contributed by atoms with Crippen LogP contribution in [0.3, 0.4) is 0 Å². The summed E-state index contributed by atoms with van der Waals surface area (Å²) in [6.07, 6.45) is 6.47. The molecule has 2 heterocycles. The van der Waals surface area contributed by atoms with E-state index >= 15 is 0 Å². The Bertz CT molecular complexity index is 1220. The lowest BCUT2D eigenvalue weighted by Gasteiger charge is -2.16. The smallest absolute Gasteiger partial charge is 0.0818 e. The van der Waals surface area contributed by atoms with Crippen LogP contribution in [0.2, 0.25) is 0 Å². The predicted octanol–water partition coefficient (Wildman–Crippen LogP) is 6.67. The van der Waals surface area contributed by atoms with Crippen molar-refractivity contribution < 1.29 is 0 Å². The third-order valence-electron chi connectivity index (χ3n) is 6.76. The molecule has 4 heteroatoms. The molecule has 178 valence electrons. The van der Waals surface area contributed by atoms with Crippen molar-refractivity contribution in [1.82, 2.24) is 14.5 Å². The molecule has 0 bridgehead atoms. The Labute approximate surface area is 204 Å². The fraction of sp³-hybridized carbons (Fsp3) is 0.400. The summed E-state index contributed by atoms with van der Waals surface area (Å²) in [6.45, 7) is 11.9. The molecule has 0 saturated carbocycles. The van der Waals surface area contributed by atoms with Gasteiger partial charge in [-0.3, -0.25) is 4.99 Å². The van der Waals surface area contributed by atoms with Gasteiger partial charge in [0.15, 0.2) is 0 Å². The Morgan fingerprint density at radius 1 is 0.912 bits per heavy atom. The maximum atomic E-state index is 4.92. The summed E-state index contributed by atoms with van der Waals surface area (Å²) in [5.41, 5.74) is 5.98. The van der Waals surface area contributed by atoms with Crippen molar-refractivity contribution in [2.45, 2.75) is 53.0 Å². The second-order valence-electron chi connectivity index (χ2n) is 9.06. The SMILES string of the molecule is CCN(CC)CCCCN=Cc1cc2c3ccccc3n(CCCc3ccccc3)c2c(C)n1. The maximum Gasteiger partial charge on any atom is 0.0818 e. The lowest BCUT2D eigenvalue weighted by molar-refractivity contribution is 0.298. The molecule has 4 rings (SSSR count). The fourth-order valence-electron chi connectivity index (χ4n) is 4.91. The van der Waals surface area contributed by atoms with Crippen LogP contribution in [-0.4, -0.2) is 46.8 Å². The van der Waals surface area contributed by atoms with Crippen LogP contribution >= 0.6 is 0 Å². The lowest BCUT2D eigenvalue weighted by Crippen LogP contribution is -2.23. The van der Waals surface area contributed by atoms with E-state index in [4.69, 9.17) is 9.98 Å². The molecule has 0 saturated heterocycles. The molecule has 2 aromatic carbocycles. The maximum absolute atomic E-state index is 4.92. The Kier molecular flexibility index (Phi) is 8.48. The Balaban J connectivity index is 1.50. The summed E-state index contributed by atoms with van der Waals surface area (Å²) in [7, 11) is 0. The van der Waals surface area contributed by atoms with Gasteiger partial charge in [0.25, 0.3) is 0 Å². The number of nitrogens with zero attached hydrogens (tertiary/aromatic N) is 4. The summed E-state index contributed by atoms with van der Waals surface area (Å²) >= 11 is 0. The number of aliphatic imine (C=N–C) groups is 1. The number of rotatable bonds is 12. The third-order valence-corrected chi connectivity index (χ3v) is 6.76. The van der Waals surface area contributed by atoms with Crippen LogP contribution in [0, 0.1) is 6.92 Å². The summed E-state index contributed by atoms with van der Waals surface area (Å²) in [6, 6.07) is 21.7. The zero-order valence-corrected chi connectivity index (χ0v) is 21.0. The molecule has 0 aliphatic rings. The molecule has 0 radical (unpaired) electrons. The van der Waals surface area contributed by atoms with Gasteiger partial charge in [-0.25, -0.2) is 4.98 Å². The minimum absolute atomic E-state index is 0.862. The largest absolute Gasteiger partial charge is 0.339 e. The molecule has 2 aromatic heterocycles. The average molecular weight is 455 g/mol. The van der Waals surface area contributed by atoms with Gasteiger partial charge in [0, 0.05) is 35.6 Å². The summed E-state index contributed by atoms with van der Waals surface area (Å²) in [4.78, 5) is 12.1. The Morgan fingerprint density at radius 2 is 1.68 bits per heavy atom. The first kappa shape index (κ1) is 24.2. The number of benzene rings is 2. The highest BCUT2D eigenvalue weighted by Crippen LogP contribution is 2.31. The van der Waals surface area contributed by atoms with Gasteiger partial charge in [0.1, 0.15) is 0 Å². The van der Waals surface area contributed by atoms with Crippen molar-refractivity contribution in [2.75, 3.05) is 26.2 Å². The first-order valence-corrected chi connectivity index (χ1v) is 12.9. The minimum atomic E-state index is 0.862. The molecular formula is C30H38N4. The Hall–Kier alpha value is -2.98. The number of aromatic nitrogens is 2. The van der Waals surface area contributed by atoms with Gasteiger partial charge in [0.2, 0.25) is 0 Å². The van der Waals surface area contributed by atoms with E-state index in [1.807, 2.05) is 6.21 Å². The van der Waals surface area contributed by atoms with Crippen molar-refractivity contribution in [3.63, 3.8) is 0 Å². The van der Waals surface area contributed by atoms with Gasteiger partial charge in [-0.2, -0.15) is 0 Å². The van der Waals surface area contributed by atoms with E-state index in [1.54, 1.807) is 0 Å². The molecule has 0 aliphatic heterocycles. The predicted molar refractivity (Wildman–Crippen MR) is 146 cm³/mol.